The highest BCUT2D eigenvalue weighted by Crippen LogP contribution is 2.27. The number of allylic oxidation sites excluding steroid dienone is 2. The molecule has 0 radical (unpaired) electrons. The van der Waals surface area contributed by atoms with Gasteiger partial charge in [-0.3, -0.25) is 9.59 Å². The summed E-state index contributed by atoms with van der Waals surface area (Å²) < 4.78 is 15.3. The Morgan fingerprint density at radius 1 is 0.750 bits per heavy atom. The van der Waals surface area contributed by atoms with Gasteiger partial charge in [-0.2, -0.15) is 0 Å². The number of amides is 2. The molecule has 0 aliphatic heterocycles. The molecule has 0 saturated carbocycles. The summed E-state index contributed by atoms with van der Waals surface area (Å²) in [5, 5.41) is 6.29. The number of nitrogens with zero attached hydrogens (tertiary/aromatic N) is 4. The Morgan fingerprint density at radius 2 is 1.18 bits per heavy atom. The number of carbonyl (C=O) groups excluding carboxylic acids is 2. The fraction of sp³-hybridized carbons (Fsp3) is 0.471. The van der Waals surface area contributed by atoms with Crippen LogP contribution < -0.4 is 10.6 Å². The lowest BCUT2D eigenvalue weighted by molar-refractivity contribution is -0.123. The van der Waals surface area contributed by atoms with Crippen LogP contribution in [0.1, 0.15) is 77.3 Å². The molecule has 2 N–H and O–H groups in total. The van der Waals surface area contributed by atoms with E-state index in [0.717, 1.165) is 24.2 Å². The minimum absolute atomic E-state index is 0.0489. The molecular formula is C34H48N6O4. The van der Waals surface area contributed by atoms with Crippen molar-refractivity contribution in [3.63, 3.8) is 0 Å². The van der Waals surface area contributed by atoms with Crippen molar-refractivity contribution < 1.29 is 19.1 Å². The molecule has 0 aliphatic rings. The van der Waals surface area contributed by atoms with Crippen LogP contribution in [-0.2, 0) is 43.2 Å². The zero-order valence-electron chi connectivity index (χ0n) is 26.7. The SMILES string of the molecule is C=C(CCn1ccnc1)OCCCC(=O)NC(C)(C)c1cccc(C(C)(C)NC(=O)CCCOC(=C)CCn2ccnc2)c1. The van der Waals surface area contributed by atoms with E-state index in [2.05, 4.69) is 33.8 Å². The van der Waals surface area contributed by atoms with Gasteiger partial charge in [-0.05, 0) is 51.7 Å². The summed E-state index contributed by atoms with van der Waals surface area (Å²) in [6, 6.07) is 7.98. The number of nitrogens with one attached hydrogen (secondary N) is 2. The monoisotopic (exact) mass is 604 g/mol. The molecule has 0 unspecified atom stereocenters. The Morgan fingerprint density at radius 3 is 1.57 bits per heavy atom. The van der Waals surface area contributed by atoms with Gasteiger partial charge in [0.15, 0.2) is 0 Å². The average molecular weight is 605 g/mol. The third-order valence-electron chi connectivity index (χ3n) is 7.33. The van der Waals surface area contributed by atoms with Crippen molar-refractivity contribution in [2.45, 2.75) is 90.4 Å². The number of ether oxygens (including phenoxy) is 2. The molecule has 10 nitrogen and oxygen atoms in total. The zero-order valence-corrected chi connectivity index (χ0v) is 26.7. The number of hydrogen-bond acceptors (Lipinski definition) is 6. The minimum Gasteiger partial charge on any atom is -0.498 e. The van der Waals surface area contributed by atoms with E-state index in [1.807, 2.05) is 73.5 Å². The summed E-state index contributed by atoms with van der Waals surface area (Å²) >= 11 is 0. The van der Waals surface area contributed by atoms with E-state index in [1.165, 1.54) is 0 Å². The Balaban J connectivity index is 1.38. The van der Waals surface area contributed by atoms with Crippen LogP contribution in [0.5, 0.6) is 0 Å². The number of carbonyl (C=O) groups is 2. The van der Waals surface area contributed by atoms with Gasteiger partial charge < -0.3 is 29.2 Å². The second kappa shape index (κ2) is 16.5. The van der Waals surface area contributed by atoms with Crippen molar-refractivity contribution in [1.29, 1.82) is 0 Å². The molecule has 1 aromatic carbocycles. The van der Waals surface area contributed by atoms with Crippen molar-refractivity contribution in [2.75, 3.05) is 13.2 Å². The standard InChI is InChI=1S/C34H48N6O4/c1-27(14-18-39-20-16-35-25-39)43-22-8-12-31(41)37-33(3,4)29-10-7-11-30(24-29)34(5,6)38-32(42)13-9-23-44-28(2)15-19-40-21-17-36-26-40/h7,10-11,16-17,20-21,24-26H,1-2,8-9,12-15,18-19,22-23H2,3-6H3,(H,37,41)(H,38,42). The lowest BCUT2D eigenvalue weighted by atomic mass is 9.87. The topological polar surface area (TPSA) is 112 Å². The van der Waals surface area contributed by atoms with E-state index < -0.39 is 11.1 Å². The number of aromatic nitrogens is 4. The van der Waals surface area contributed by atoms with Crippen LogP contribution in [-0.4, -0.2) is 44.1 Å². The summed E-state index contributed by atoms with van der Waals surface area (Å²) in [5.41, 5.74) is 0.717. The Labute approximate surface area is 261 Å². The molecule has 0 bridgehead atoms. The molecule has 0 atom stereocenters. The second-order valence-corrected chi connectivity index (χ2v) is 12.0. The Kier molecular flexibility index (Phi) is 12.8. The smallest absolute Gasteiger partial charge is 0.220 e. The molecule has 2 amide bonds. The summed E-state index contributed by atoms with van der Waals surface area (Å²) in [6.45, 7) is 18.2. The number of benzene rings is 1. The first-order valence-corrected chi connectivity index (χ1v) is 15.2. The highest BCUT2D eigenvalue weighted by Gasteiger charge is 2.27. The lowest BCUT2D eigenvalue weighted by Crippen LogP contribution is -2.43. The van der Waals surface area contributed by atoms with E-state index >= 15 is 0 Å². The van der Waals surface area contributed by atoms with Crippen LogP contribution >= 0.6 is 0 Å². The van der Waals surface area contributed by atoms with Gasteiger partial charge in [-0.15, -0.1) is 0 Å². The van der Waals surface area contributed by atoms with E-state index in [0.29, 0.717) is 63.3 Å². The molecular weight excluding hydrogens is 556 g/mol. The van der Waals surface area contributed by atoms with Gasteiger partial charge in [0.1, 0.15) is 0 Å². The normalized spacial score (nSPS) is 11.5. The van der Waals surface area contributed by atoms with Crippen molar-refractivity contribution in [3.8, 4) is 0 Å². The fourth-order valence-electron chi connectivity index (χ4n) is 4.65. The van der Waals surface area contributed by atoms with E-state index in [9.17, 15) is 9.59 Å². The summed E-state index contributed by atoms with van der Waals surface area (Å²) in [7, 11) is 0. The maximum atomic E-state index is 12.8. The highest BCUT2D eigenvalue weighted by molar-refractivity contribution is 5.77. The minimum atomic E-state index is -0.597. The van der Waals surface area contributed by atoms with Crippen LogP contribution in [0.4, 0.5) is 0 Å². The Bertz CT molecular complexity index is 1250. The van der Waals surface area contributed by atoms with E-state index in [4.69, 9.17) is 9.47 Å². The quantitative estimate of drug-likeness (QED) is 0.129. The first kappa shape index (κ1) is 34.2. The summed E-state index contributed by atoms with van der Waals surface area (Å²) in [6.07, 6.45) is 14.1. The molecule has 0 aliphatic carbocycles. The van der Waals surface area contributed by atoms with Crippen LogP contribution in [0, 0.1) is 0 Å². The van der Waals surface area contributed by atoms with Gasteiger partial charge >= 0.3 is 0 Å². The lowest BCUT2D eigenvalue weighted by Gasteiger charge is -2.31. The summed E-state index contributed by atoms with van der Waals surface area (Å²) in [4.78, 5) is 33.6. The van der Waals surface area contributed by atoms with Crippen molar-refractivity contribution >= 4 is 11.8 Å². The molecule has 10 heteroatoms. The number of hydrogen-bond donors (Lipinski definition) is 2. The molecule has 238 valence electrons. The fourth-order valence-corrected chi connectivity index (χ4v) is 4.65. The van der Waals surface area contributed by atoms with Crippen LogP contribution in [0.25, 0.3) is 0 Å². The maximum absolute atomic E-state index is 12.8. The third-order valence-corrected chi connectivity index (χ3v) is 7.33. The van der Waals surface area contributed by atoms with Gasteiger partial charge in [0, 0.05) is 63.6 Å². The van der Waals surface area contributed by atoms with Crippen LogP contribution in [0.3, 0.4) is 0 Å². The van der Waals surface area contributed by atoms with Gasteiger partial charge in [-0.1, -0.05) is 37.4 Å². The van der Waals surface area contributed by atoms with Gasteiger partial charge in [0.25, 0.3) is 0 Å². The van der Waals surface area contributed by atoms with E-state index in [-0.39, 0.29) is 11.8 Å². The van der Waals surface area contributed by atoms with Crippen molar-refractivity contribution in [2.24, 2.45) is 0 Å². The molecule has 3 aromatic rings. The van der Waals surface area contributed by atoms with Crippen LogP contribution in [0.15, 0.2) is 86.4 Å². The van der Waals surface area contributed by atoms with Gasteiger partial charge in [0.05, 0.1) is 48.5 Å². The number of aryl methyl sites for hydroxylation is 2. The Hall–Kier alpha value is -4.34. The van der Waals surface area contributed by atoms with Crippen LogP contribution in [0.2, 0.25) is 0 Å². The third kappa shape index (κ3) is 11.7. The summed E-state index contributed by atoms with van der Waals surface area (Å²) in [5.74, 6) is 1.30. The predicted molar refractivity (Wildman–Crippen MR) is 171 cm³/mol. The molecule has 2 heterocycles. The molecule has 0 spiro atoms. The number of imidazole rings is 2. The van der Waals surface area contributed by atoms with E-state index in [1.54, 1.807) is 25.0 Å². The molecule has 3 rings (SSSR count). The van der Waals surface area contributed by atoms with Gasteiger partial charge in [0.2, 0.25) is 11.8 Å². The molecule has 0 saturated heterocycles. The molecule has 2 aromatic heterocycles. The maximum Gasteiger partial charge on any atom is 0.220 e. The zero-order chi connectivity index (χ0) is 32.0. The first-order chi connectivity index (χ1) is 20.9. The van der Waals surface area contributed by atoms with Crippen molar-refractivity contribution in [3.05, 3.63) is 97.5 Å². The van der Waals surface area contributed by atoms with Crippen molar-refractivity contribution in [1.82, 2.24) is 29.7 Å². The second-order valence-electron chi connectivity index (χ2n) is 12.0. The average Bonchev–Trinajstić information content (AvgIpc) is 3.70. The largest absolute Gasteiger partial charge is 0.498 e. The number of rotatable bonds is 20. The first-order valence-electron chi connectivity index (χ1n) is 15.2. The van der Waals surface area contributed by atoms with Gasteiger partial charge in [-0.25, -0.2) is 9.97 Å². The molecule has 0 fully saturated rings. The molecule has 44 heavy (non-hydrogen) atoms. The predicted octanol–water partition coefficient (Wildman–Crippen LogP) is 5.58. The highest BCUT2D eigenvalue weighted by atomic mass is 16.5.